The van der Waals surface area contributed by atoms with Crippen LogP contribution in [0.4, 0.5) is 5.69 Å². The molecule has 18 heavy (non-hydrogen) atoms. The van der Waals surface area contributed by atoms with E-state index in [1.165, 1.54) is 50.6 Å². The van der Waals surface area contributed by atoms with Crippen molar-refractivity contribution in [2.24, 2.45) is 0 Å². The van der Waals surface area contributed by atoms with Crippen LogP contribution in [0.2, 0.25) is 0 Å². The lowest BCUT2D eigenvalue weighted by molar-refractivity contribution is 0.248. The van der Waals surface area contributed by atoms with Gasteiger partial charge in [0.1, 0.15) is 0 Å². The smallest absolute Gasteiger partial charge is 0.0314 e. The number of unbranched alkanes of at least 4 members (excludes halogenated alkanes) is 3. The molecule has 1 aliphatic rings. The quantitative estimate of drug-likeness (QED) is 0.558. The highest BCUT2D eigenvalue weighted by Crippen LogP contribution is 2.28. The third-order valence-corrected chi connectivity index (χ3v) is 3.73. The molecule has 0 spiro atoms. The topological polar surface area (TPSA) is 29.3 Å². The lowest BCUT2D eigenvalue weighted by Gasteiger charge is -2.22. The average Bonchev–Trinajstić information content (AvgIpc) is 3.20. The summed E-state index contributed by atoms with van der Waals surface area (Å²) in [6.07, 6.45) is 8.20. The number of nitrogen functional groups attached to an aromatic ring is 1. The lowest BCUT2D eigenvalue weighted by atomic mass is 10.1. The number of rotatable bonds is 8. The van der Waals surface area contributed by atoms with Crippen LogP contribution in [0.5, 0.6) is 0 Å². The molecule has 1 aliphatic carbocycles. The van der Waals surface area contributed by atoms with E-state index in [1.807, 2.05) is 12.1 Å². The van der Waals surface area contributed by atoms with Gasteiger partial charge in [-0.2, -0.15) is 0 Å². The molecule has 0 heterocycles. The van der Waals surface area contributed by atoms with E-state index in [0.717, 1.165) is 18.3 Å². The highest BCUT2D eigenvalue weighted by Gasteiger charge is 2.28. The van der Waals surface area contributed by atoms with Crippen molar-refractivity contribution < 1.29 is 0 Å². The maximum absolute atomic E-state index is 5.73. The van der Waals surface area contributed by atoms with E-state index < -0.39 is 0 Å². The Morgan fingerprint density at radius 3 is 2.44 bits per heavy atom. The second-order valence-electron chi connectivity index (χ2n) is 5.50. The fraction of sp³-hybridized carbons (Fsp3) is 0.625. The summed E-state index contributed by atoms with van der Waals surface area (Å²) in [6.45, 7) is 4.62. The molecular weight excluding hydrogens is 220 g/mol. The Morgan fingerprint density at radius 2 is 1.83 bits per heavy atom. The molecule has 1 aromatic rings. The summed E-state index contributed by atoms with van der Waals surface area (Å²) in [5, 5.41) is 0. The van der Waals surface area contributed by atoms with Gasteiger partial charge in [-0.3, -0.25) is 4.90 Å². The van der Waals surface area contributed by atoms with E-state index in [1.54, 1.807) is 0 Å². The Bertz CT molecular complexity index is 341. The van der Waals surface area contributed by atoms with Gasteiger partial charge in [0.05, 0.1) is 0 Å². The van der Waals surface area contributed by atoms with E-state index in [9.17, 15) is 0 Å². The Balaban J connectivity index is 1.80. The molecule has 0 unspecified atom stereocenters. The molecule has 0 atom stereocenters. The number of anilines is 1. The molecule has 0 saturated heterocycles. The molecule has 1 fully saturated rings. The molecule has 0 radical (unpaired) electrons. The molecule has 0 bridgehead atoms. The molecule has 0 aromatic heterocycles. The maximum Gasteiger partial charge on any atom is 0.0314 e. The molecule has 1 aromatic carbocycles. The fourth-order valence-electron chi connectivity index (χ4n) is 2.43. The second-order valence-corrected chi connectivity index (χ2v) is 5.50. The third-order valence-electron chi connectivity index (χ3n) is 3.73. The van der Waals surface area contributed by atoms with Crippen LogP contribution in [0.1, 0.15) is 51.0 Å². The first-order valence-electron chi connectivity index (χ1n) is 7.38. The first-order valence-corrected chi connectivity index (χ1v) is 7.38. The number of benzene rings is 1. The summed E-state index contributed by atoms with van der Waals surface area (Å²) in [7, 11) is 0. The van der Waals surface area contributed by atoms with Crippen LogP contribution in [-0.4, -0.2) is 17.5 Å². The first kappa shape index (κ1) is 13.4. The molecule has 100 valence electrons. The van der Waals surface area contributed by atoms with E-state index in [2.05, 4.69) is 24.0 Å². The summed E-state index contributed by atoms with van der Waals surface area (Å²) in [5.74, 6) is 0. The largest absolute Gasteiger partial charge is 0.399 e. The molecule has 1 saturated carbocycles. The van der Waals surface area contributed by atoms with Crippen LogP contribution in [0.25, 0.3) is 0 Å². The van der Waals surface area contributed by atoms with Gasteiger partial charge in [-0.05, 0) is 43.5 Å². The van der Waals surface area contributed by atoms with Crippen LogP contribution in [0.15, 0.2) is 24.3 Å². The number of hydrogen-bond donors (Lipinski definition) is 1. The molecule has 2 nitrogen and oxygen atoms in total. The molecular formula is C16H26N2. The maximum atomic E-state index is 5.73. The summed E-state index contributed by atoms with van der Waals surface area (Å²) >= 11 is 0. The van der Waals surface area contributed by atoms with Gasteiger partial charge in [-0.25, -0.2) is 0 Å². The van der Waals surface area contributed by atoms with Crippen LogP contribution < -0.4 is 5.73 Å². The standard InChI is InChI=1S/C16H26N2/c1-2-3-4-5-12-18(16-10-11-16)13-14-6-8-15(17)9-7-14/h6-9,16H,2-5,10-13,17H2,1H3. The van der Waals surface area contributed by atoms with Gasteiger partial charge in [-0.15, -0.1) is 0 Å². The third kappa shape index (κ3) is 4.34. The van der Waals surface area contributed by atoms with Crippen molar-refractivity contribution in [2.75, 3.05) is 12.3 Å². The van der Waals surface area contributed by atoms with Crippen molar-refractivity contribution >= 4 is 5.69 Å². The zero-order valence-corrected chi connectivity index (χ0v) is 11.6. The van der Waals surface area contributed by atoms with Crippen LogP contribution in [0, 0.1) is 0 Å². The highest BCUT2D eigenvalue weighted by molar-refractivity contribution is 5.39. The van der Waals surface area contributed by atoms with Crippen molar-refractivity contribution in [1.29, 1.82) is 0 Å². The van der Waals surface area contributed by atoms with Gasteiger partial charge in [-0.1, -0.05) is 38.3 Å². The molecule has 2 heteroatoms. The van der Waals surface area contributed by atoms with Gasteiger partial charge in [0.15, 0.2) is 0 Å². The Morgan fingerprint density at radius 1 is 1.11 bits per heavy atom. The monoisotopic (exact) mass is 246 g/mol. The Hall–Kier alpha value is -1.02. The number of nitrogens with zero attached hydrogens (tertiary/aromatic N) is 1. The fourth-order valence-corrected chi connectivity index (χ4v) is 2.43. The summed E-state index contributed by atoms with van der Waals surface area (Å²) in [5.41, 5.74) is 7.99. The van der Waals surface area contributed by atoms with E-state index in [-0.39, 0.29) is 0 Å². The number of nitrogens with two attached hydrogens (primary N) is 1. The van der Waals surface area contributed by atoms with Crippen molar-refractivity contribution in [3.63, 3.8) is 0 Å². The van der Waals surface area contributed by atoms with Crippen molar-refractivity contribution in [3.8, 4) is 0 Å². The van der Waals surface area contributed by atoms with Crippen LogP contribution >= 0.6 is 0 Å². The van der Waals surface area contributed by atoms with Crippen molar-refractivity contribution in [2.45, 2.75) is 58.0 Å². The number of hydrogen-bond acceptors (Lipinski definition) is 2. The normalized spacial score (nSPS) is 15.2. The Labute approximate surface area is 111 Å². The summed E-state index contributed by atoms with van der Waals surface area (Å²) in [6, 6.07) is 9.20. The summed E-state index contributed by atoms with van der Waals surface area (Å²) < 4.78 is 0. The predicted molar refractivity (Wildman–Crippen MR) is 78.4 cm³/mol. The molecule has 2 N–H and O–H groups in total. The zero-order valence-electron chi connectivity index (χ0n) is 11.6. The van der Waals surface area contributed by atoms with Crippen molar-refractivity contribution in [1.82, 2.24) is 4.90 Å². The van der Waals surface area contributed by atoms with Crippen LogP contribution in [0.3, 0.4) is 0 Å². The van der Waals surface area contributed by atoms with Gasteiger partial charge in [0, 0.05) is 18.3 Å². The Kier molecular flexibility index (Phi) is 5.06. The molecule has 2 rings (SSSR count). The average molecular weight is 246 g/mol. The SMILES string of the molecule is CCCCCCN(Cc1ccc(N)cc1)C1CC1. The van der Waals surface area contributed by atoms with Gasteiger partial charge in [0.25, 0.3) is 0 Å². The van der Waals surface area contributed by atoms with Crippen molar-refractivity contribution in [3.05, 3.63) is 29.8 Å². The minimum Gasteiger partial charge on any atom is -0.399 e. The van der Waals surface area contributed by atoms with E-state index in [0.29, 0.717) is 0 Å². The zero-order chi connectivity index (χ0) is 12.8. The van der Waals surface area contributed by atoms with Gasteiger partial charge in [0.2, 0.25) is 0 Å². The van der Waals surface area contributed by atoms with E-state index in [4.69, 9.17) is 5.73 Å². The van der Waals surface area contributed by atoms with Crippen LogP contribution in [-0.2, 0) is 6.54 Å². The van der Waals surface area contributed by atoms with E-state index >= 15 is 0 Å². The van der Waals surface area contributed by atoms with Gasteiger partial charge >= 0.3 is 0 Å². The predicted octanol–water partition coefficient (Wildman–Crippen LogP) is 3.81. The minimum atomic E-state index is 0.851. The minimum absolute atomic E-state index is 0.851. The summed E-state index contributed by atoms with van der Waals surface area (Å²) in [4.78, 5) is 2.65. The lowest BCUT2D eigenvalue weighted by Crippen LogP contribution is -2.26. The highest BCUT2D eigenvalue weighted by atomic mass is 15.2. The van der Waals surface area contributed by atoms with Gasteiger partial charge < -0.3 is 5.73 Å². The first-order chi connectivity index (χ1) is 8.79. The molecule has 0 amide bonds. The second kappa shape index (κ2) is 6.79. The molecule has 0 aliphatic heterocycles.